The Hall–Kier alpha value is -1.46. The summed E-state index contributed by atoms with van der Waals surface area (Å²) in [5, 5.41) is 3.39. The van der Waals surface area contributed by atoms with Crippen LogP contribution < -0.4 is 10.1 Å². The molecule has 1 aliphatic carbocycles. The van der Waals surface area contributed by atoms with Crippen molar-refractivity contribution < 1.29 is 13.5 Å². The molecule has 21 heavy (non-hydrogen) atoms. The van der Waals surface area contributed by atoms with E-state index in [0.29, 0.717) is 0 Å². The lowest BCUT2D eigenvalue weighted by Gasteiger charge is -2.06. The number of benzene rings is 1. The molecule has 0 spiro atoms. The Labute approximate surface area is 126 Å². The second kappa shape index (κ2) is 6.54. The van der Waals surface area contributed by atoms with E-state index in [2.05, 4.69) is 16.1 Å². The van der Waals surface area contributed by atoms with Crippen LogP contribution in [0.25, 0.3) is 0 Å². The molecule has 1 heterocycles. The molecule has 0 fully saturated rings. The largest absolute Gasteiger partial charge is 0.435 e. The summed E-state index contributed by atoms with van der Waals surface area (Å²) in [6.07, 6.45) is 3.74. The number of hydrogen-bond acceptors (Lipinski definition) is 3. The smallest absolute Gasteiger partial charge is 0.387 e. The molecule has 0 aliphatic heterocycles. The lowest BCUT2D eigenvalue weighted by Crippen LogP contribution is -2.11. The summed E-state index contributed by atoms with van der Waals surface area (Å²) in [6.45, 7) is -1.19. The van der Waals surface area contributed by atoms with Crippen LogP contribution in [0.15, 0.2) is 30.3 Å². The van der Waals surface area contributed by atoms with Gasteiger partial charge in [0.1, 0.15) is 5.75 Å². The summed E-state index contributed by atoms with van der Waals surface area (Å²) in [7, 11) is 0. The van der Waals surface area contributed by atoms with Gasteiger partial charge in [0.15, 0.2) is 0 Å². The van der Waals surface area contributed by atoms with Crippen molar-refractivity contribution in [3.8, 4) is 5.75 Å². The van der Waals surface area contributed by atoms with Crippen LogP contribution in [0.3, 0.4) is 0 Å². The van der Waals surface area contributed by atoms with Crippen LogP contribution in [0.5, 0.6) is 5.75 Å². The molecule has 0 bridgehead atoms. The molecule has 2 aromatic rings. The van der Waals surface area contributed by atoms with Gasteiger partial charge in [0.05, 0.1) is 0 Å². The molecule has 5 heteroatoms. The van der Waals surface area contributed by atoms with Gasteiger partial charge < -0.3 is 10.1 Å². The number of hydrogen-bond donors (Lipinski definition) is 1. The van der Waals surface area contributed by atoms with Crippen molar-refractivity contribution in [2.75, 3.05) is 0 Å². The van der Waals surface area contributed by atoms with Crippen LogP contribution in [0.4, 0.5) is 8.78 Å². The summed E-state index contributed by atoms with van der Waals surface area (Å²) < 4.78 is 28.4. The van der Waals surface area contributed by atoms with Crippen molar-refractivity contribution in [2.24, 2.45) is 0 Å². The number of aryl methyl sites for hydroxylation is 2. The Morgan fingerprint density at radius 2 is 1.95 bits per heavy atom. The number of ether oxygens (including phenoxy) is 1. The zero-order valence-corrected chi connectivity index (χ0v) is 12.4. The van der Waals surface area contributed by atoms with Gasteiger partial charge in [0, 0.05) is 22.8 Å². The van der Waals surface area contributed by atoms with E-state index < -0.39 is 6.61 Å². The van der Waals surface area contributed by atoms with Gasteiger partial charge >= 0.3 is 6.61 Å². The van der Waals surface area contributed by atoms with Crippen molar-refractivity contribution in [3.63, 3.8) is 0 Å². The monoisotopic (exact) mass is 309 g/mol. The van der Waals surface area contributed by atoms with Gasteiger partial charge in [-0.2, -0.15) is 8.78 Å². The van der Waals surface area contributed by atoms with Gasteiger partial charge in [0.2, 0.25) is 0 Å². The summed E-state index contributed by atoms with van der Waals surface area (Å²) >= 11 is 1.90. The molecular formula is C16H17F2NOS. The fourth-order valence-electron chi connectivity index (χ4n) is 2.60. The van der Waals surface area contributed by atoms with Gasteiger partial charge in [-0.25, -0.2) is 0 Å². The van der Waals surface area contributed by atoms with Gasteiger partial charge in [-0.1, -0.05) is 12.1 Å². The Kier molecular flexibility index (Phi) is 4.51. The first-order chi connectivity index (χ1) is 10.2. The third kappa shape index (κ3) is 3.80. The van der Waals surface area contributed by atoms with E-state index >= 15 is 0 Å². The maximum absolute atomic E-state index is 12.0. The Morgan fingerprint density at radius 1 is 1.14 bits per heavy atom. The quantitative estimate of drug-likeness (QED) is 0.866. The van der Waals surface area contributed by atoms with E-state index in [1.807, 2.05) is 11.3 Å². The zero-order valence-electron chi connectivity index (χ0n) is 11.6. The predicted molar refractivity (Wildman–Crippen MR) is 80.0 cm³/mol. The van der Waals surface area contributed by atoms with Gasteiger partial charge in [-0.15, -0.1) is 11.3 Å². The average Bonchev–Trinajstić information content (AvgIpc) is 3.01. The topological polar surface area (TPSA) is 21.3 Å². The zero-order chi connectivity index (χ0) is 14.7. The normalized spacial score (nSPS) is 13.7. The number of thiophene rings is 1. The first-order valence-electron chi connectivity index (χ1n) is 7.05. The maximum atomic E-state index is 12.0. The van der Waals surface area contributed by atoms with Gasteiger partial charge in [-0.05, 0) is 48.6 Å². The summed E-state index contributed by atoms with van der Waals surface area (Å²) in [5.74, 6) is 0.198. The summed E-state index contributed by atoms with van der Waals surface area (Å²) in [5.41, 5.74) is 2.58. The molecule has 1 aliphatic rings. The molecule has 2 nitrogen and oxygen atoms in total. The van der Waals surface area contributed by atoms with Gasteiger partial charge in [-0.3, -0.25) is 0 Å². The highest BCUT2D eigenvalue weighted by atomic mass is 32.1. The maximum Gasteiger partial charge on any atom is 0.387 e. The molecule has 1 aromatic carbocycles. The molecule has 3 rings (SSSR count). The molecule has 0 saturated heterocycles. The fourth-order valence-corrected chi connectivity index (χ4v) is 3.83. The summed E-state index contributed by atoms with van der Waals surface area (Å²) in [6, 6.07) is 9.06. The highest BCUT2D eigenvalue weighted by Gasteiger charge is 2.14. The molecule has 0 radical (unpaired) electrons. The number of alkyl halides is 2. The van der Waals surface area contributed by atoms with E-state index in [1.165, 1.54) is 29.7 Å². The second-order valence-corrected chi connectivity index (χ2v) is 6.36. The van der Waals surface area contributed by atoms with Crippen molar-refractivity contribution in [3.05, 3.63) is 51.2 Å². The molecule has 0 atom stereocenters. The molecule has 1 N–H and O–H groups in total. The molecule has 0 unspecified atom stereocenters. The lowest BCUT2D eigenvalue weighted by atomic mass is 10.2. The number of rotatable bonds is 6. The first-order valence-corrected chi connectivity index (χ1v) is 7.87. The van der Waals surface area contributed by atoms with Crippen LogP contribution in [-0.4, -0.2) is 6.61 Å². The number of fused-ring (bicyclic) bond motifs is 1. The average molecular weight is 309 g/mol. The van der Waals surface area contributed by atoms with Crippen LogP contribution in [-0.2, 0) is 25.9 Å². The predicted octanol–water partition coefficient (Wildman–Crippen LogP) is 4.13. The Balaban J connectivity index is 1.48. The molecule has 0 saturated carbocycles. The van der Waals surface area contributed by atoms with E-state index in [-0.39, 0.29) is 5.75 Å². The Bertz CT molecular complexity index is 573. The highest BCUT2D eigenvalue weighted by Crippen LogP contribution is 2.30. The third-order valence-corrected chi connectivity index (χ3v) is 4.81. The van der Waals surface area contributed by atoms with E-state index in [0.717, 1.165) is 18.7 Å². The molecule has 112 valence electrons. The second-order valence-electron chi connectivity index (χ2n) is 5.14. The van der Waals surface area contributed by atoms with Crippen molar-refractivity contribution in [2.45, 2.75) is 39.0 Å². The fraction of sp³-hybridized carbons (Fsp3) is 0.375. The van der Waals surface area contributed by atoms with Crippen LogP contribution >= 0.6 is 11.3 Å². The van der Waals surface area contributed by atoms with E-state index in [4.69, 9.17) is 0 Å². The van der Waals surface area contributed by atoms with Crippen LogP contribution in [0, 0.1) is 0 Å². The van der Waals surface area contributed by atoms with Crippen molar-refractivity contribution in [1.29, 1.82) is 0 Å². The third-order valence-electron chi connectivity index (χ3n) is 3.57. The lowest BCUT2D eigenvalue weighted by molar-refractivity contribution is -0.0498. The molecule has 1 aromatic heterocycles. The Morgan fingerprint density at radius 3 is 2.67 bits per heavy atom. The minimum atomic E-state index is -2.77. The van der Waals surface area contributed by atoms with E-state index in [9.17, 15) is 8.78 Å². The minimum absolute atomic E-state index is 0.198. The van der Waals surface area contributed by atoms with Crippen LogP contribution in [0.2, 0.25) is 0 Å². The molecular weight excluding hydrogens is 292 g/mol. The first kappa shape index (κ1) is 14.5. The van der Waals surface area contributed by atoms with Crippen molar-refractivity contribution in [1.82, 2.24) is 5.32 Å². The molecule has 0 amide bonds. The highest BCUT2D eigenvalue weighted by molar-refractivity contribution is 7.12. The van der Waals surface area contributed by atoms with Gasteiger partial charge in [0.25, 0.3) is 0 Å². The number of nitrogens with one attached hydrogen (secondary N) is 1. The minimum Gasteiger partial charge on any atom is -0.435 e. The number of halogens is 2. The van der Waals surface area contributed by atoms with Crippen molar-refractivity contribution >= 4 is 11.3 Å². The SMILES string of the molecule is FC(F)Oc1ccc(CNCc2cc3c(s2)CCC3)cc1. The van der Waals surface area contributed by atoms with Crippen LogP contribution in [0.1, 0.15) is 27.3 Å². The standard InChI is InChI=1S/C16H17F2NOS/c17-16(18)20-13-6-4-11(5-7-13)9-19-10-14-8-12-2-1-3-15(12)21-14/h4-8,16,19H,1-3,9-10H2. The summed E-state index contributed by atoms with van der Waals surface area (Å²) in [4.78, 5) is 2.91. The van der Waals surface area contributed by atoms with E-state index in [1.54, 1.807) is 29.1 Å².